The lowest BCUT2D eigenvalue weighted by Crippen LogP contribution is -2.53. The highest BCUT2D eigenvalue weighted by Crippen LogP contribution is 2.56. The van der Waals surface area contributed by atoms with Gasteiger partial charge in [-0.25, -0.2) is 9.97 Å². The van der Waals surface area contributed by atoms with E-state index in [1.54, 1.807) is 12.4 Å². The third kappa shape index (κ3) is 2.47. The van der Waals surface area contributed by atoms with Crippen LogP contribution in [-0.2, 0) is 9.59 Å². The average molecular weight is 357 g/mol. The van der Waals surface area contributed by atoms with Crippen LogP contribution in [0.2, 0.25) is 0 Å². The maximum atomic E-state index is 12.9. The Hall–Kier alpha value is -2.18. The van der Waals surface area contributed by atoms with E-state index in [2.05, 4.69) is 20.2 Å². The molecule has 3 aliphatic rings. The van der Waals surface area contributed by atoms with Gasteiger partial charge in [0.05, 0.1) is 5.41 Å². The van der Waals surface area contributed by atoms with Gasteiger partial charge in [-0.05, 0) is 25.3 Å². The first-order valence-corrected chi connectivity index (χ1v) is 9.57. The summed E-state index contributed by atoms with van der Waals surface area (Å²) < 4.78 is 0. The summed E-state index contributed by atoms with van der Waals surface area (Å²) in [4.78, 5) is 38.2. The molecule has 1 atom stereocenters. The summed E-state index contributed by atoms with van der Waals surface area (Å²) in [6.07, 6.45) is 6.08. The highest BCUT2D eigenvalue weighted by atomic mass is 16.2. The fourth-order valence-corrected chi connectivity index (χ4v) is 5.15. The number of carbonyl (C=O) groups excluding carboxylic acids is 2. The molecule has 0 aliphatic carbocycles. The van der Waals surface area contributed by atoms with Gasteiger partial charge in [0.1, 0.15) is 0 Å². The van der Waals surface area contributed by atoms with Crippen molar-refractivity contribution >= 4 is 17.8 Å². The molecule has 0 aromatic carbocycles. The molecule has 7 nitrogen and oxygen atoms in total. The highest BCUT2D eigenvalue weighted by molar-refractivity contribution is 5.87. The van der Waals surface area contributed by atoms with Gasteiger partial charge in [0.2, 0.25) is 17.8 Å². The molecule has 1 unspecified atom stereocenters. The number of amides is 2. The minimum absolute atomic E-state index is 0.0191. The molecule has 4 rings (SSSR count). The molecule has 1 aromatic heterocycles. The van der Waals surface area contributed by atoms with Gasteiger partial charge in [0, 0.05) is 56.5 Å². The Morgan fingerprint density at radius 1 is 1.15 bits per heavy atom. The monoisotopic (exact) mass is 357 g/mol. The van der Waals surface area contributed by atoms with Crippen LogP contribution in [-0.4, -0.2) is 59.4 Å². The van der Waals surface area contributed by atoms with Crippen molar-refractivity contribution in [2.45, 2.75) is 33.1 Å². The van der Waals surface area contributed by atoms with Crippen molar-refractivity contribution in [1.82, 2.24) is 20.2 Å². The molecule has 7 heteroatoms. The van der Waals surface area contributed by atoms with Gasteiger partial charge in [-0.2, -0.15) is 0 Å². The largest absolute Gasteiger partial charge is 0.356 e. The zero-order valence-electron chi connectivity index (χ0n) is 15.6. The van der Waals surface area contributed by atoms with Crippen molar-refractivity contribution in [3.63, 3.8) is 0 Å². The second-order valence-electron chi connectivity index (χ2n) is 8.25. The molecule has 2 spiro atoms. The molecule has 0 radical (unpaired) electrons. The first-order chi connectivity index (χ1) is 12.5. The van der Waals surface area contributed by atoms with E-state index >= 15 is 0 Å². The lowest BCUT2D eigenvalue weighted by Gasteiger charge is -2.46. The Balaban J connectivity index is 1.61. The number of piperidine rings is 1. The summed E-state index contributed by atoms with van der Waals surface area (Å²) in [6.45, 7) is 7.55. The molecule has 0 saturated carbocycles. The van der Waals surface area contributed by atoms with Crippen LogP contribution in [0.15, 0.2) is 18.5 Å². The van der Waals surface area contributed by atoms with Gasteiger partial charge in [-0.1, -0.05) is 13.8 Å². The number of aromatic nitrogens is 2. The molecule has 3 saturated heterocycles. The van der Waals surface area contributed by atoms with Gasteiger partial charge in [-0.3, -0.25) is 9.59 Å². The molecular weight excluding hydrogens is 330 g/mol. The van der Waals surface area contributed by atoms with Crippen molar-refractivity contribution in [2.24, 2.45) is 16.7 Å². The van der Waals surface area contributed by atoms with E-state index in [1.165, 1.54) is 0 Å². The first kappa shape index (κ1) is 17.2. The minimum atomic E-state index is -0.390. The zero-order chi connectivity index (χ0) is 18.4. The SMILES string of the molecule is CC(C)C(=O)N1CCC2(CC1)CN(c1ncccn1)CC21CCNC1=O. The Kier molecular flexibility index (Phi) is 4.12. The molecule has 4 heterocycles. The van der Waals surface area contributed by atoms with E-state index in [-0.39, 0.29) is 28.6 Å². The number of rotatable bonds is 2. The third-order valence-electron chi connectivity index (χ3n) is 6.60. The number of carbonyl (C=O) groups is 2. The second-order valence-corrected chi connectivity index (χ2v) is 8.25. The maximum Gasteiger partial charge on any atom is 0.228 e. The Labute approximate surface area is 154 Å². The van der Waals surface area contributed by atoms with Crippen LogP contribution in [0.4, 0.5) is 5.95 Å². The van der Waals surface area contributed by atoms with Crippen molar-refractivity contribution < 1.29 is 9.59 Å². The molecule has 1 aromatic rings. The number of anilines is 1. The van der Waals surface area contributed by atoms with Crippen LogP contribution in [0.1, 0.15) is 33.1 Å². The van der Waals surface area contributed by atoms with Crippen LogP contribution in [0.5, 0.6) is 0 Å². The molecule has 1 N–H and O–H groups in total. The highest BCUT2D eigenvalue weighted by Gasteiger charge is 2.64. The predicted octanol–water partition coefficient (Wildman–Crippen LogP) is 1.07. The summed E-state index contributed by atoms with van der Waals surface area (Å²) in [5, 5.41) is 3.06. The Morgan fingerprint density at radius 2 is 1.85 bits per heavy atom. The van der Waals surface area contributed by atoms with Crippen LogP contribution >= 0.6 is 0 Å². The average Bonchev–Trinajstić information content (AvgIpc) is 3.18. The normalized spacial score (nSPS) is 27.6. The Bertz CT molecular complexity index is 699. The van der Waals surface area contributed by atoms with Crippen LogP contribution in [0.25, 0.3) is 0 Å². The second kappa shape index (κ2) is 6.21. The molecular formula is C19H27N5O2. The van der Waals surface area contributed by atoms with Crippen molar-refractivity contribution in [3.8, 4) is 0 Å². The van der Waals surface area contributed by atoms with Crippen molar-refractivity contribution in [3.05, 3.63) is 18.5 Å². The lowest BCUT2D eigenvalue weighted by atomic mass is 9.60. The molecule has 2 amide bonds. The number of nitrogens with one attached hydrogen (secondary N) is 1. The fraction of sp³-hybridized carbons (Fsp3) is 0.684. The molecule has 0 bridgehead atoms. The number of hydrogen-bond donors (Lipinski definition) is 1. The topological polar surface area (TPSA) is 78.4 Å². The van der Waals surface area contributed by atoms with Crippen LogP contribution in [0.3, 0.4) is 0 Å². The minimum Gasteiger partial charge on any atom is -0.356 e. The summed E-state index contributed by atoms with van der Waals surface area (Å²) in [5.41, 5.74) is -0.500. The molecule has 140 valence electrons. The van der Waals surface area contributed by atoms with E-state index in [0.717, 1.165) is 45.4 Å². The van der Waals surface area contributed by atoms with Gasteiger partial charge in [-0.15, -0.1) is 0 Å². The van der Waals surface area contributed by atoms with E-state index < -0.39 is 0 Å². The summed E-state index contributed by atoms with van der Waals surface area (Å²) in [5.74, 6) is 1.10. The van der Waals surface area contributed by atoms with E-state index in [1.807, 2.05) is 24.8 Å². The molecule has 3 fully saturated rings. The zero-order valence-corrected chi connectivity index (χ0v) is 15.6. The summed E-state index contributed by atoms with van der Waals surface area (Å²) in [6, 6.07) is 1.81. The van der Waals surface area contributed by atoms with Gasteiger partial charge in [0.25, 0.3) is 0 Å². The van der Waals surface area contributed by atoms with Crippen molar-refractivity contribution in [2.75, 3.05) is 37.6 Å². The summed E-state index contributed by atoms with van der Waals surface area (Å²) in [7, 11) is 0. The number of hydrogen-bond acceptors (Lipinski definition) is 5. The number of nitrogens with zero attached hydrogens (tertiary/aromatic N) is 4. The van der Waals surface area contributed by atoms with E-state index in [9.17, 15) is 9.59 Å². The van der Waals surface area contributed by atoms with Gasteiger partial charge in [0.15, 0.2) is 0 Å². The predicted molar refractivity (Wildman–Crippen MR) is 97.4 cm³/mol. The molecule has 3 aliphatic heterocycles. The molecule has 26 heavy (non-hydrogen) atoms. The van der Waals surface area contributed by atoms with Crippen molar-refractivity contribution in [1.29, 1.82) is 0 Å². The lowest BCUT2D eigenvalue weighted by molar-refractivity contribution is -0.140. The van der Waals surface area contributed by atoms with E-state index in [4.69, 9.17) is 0 Å². The van der Waals surface area contributed by atoms with E-state index in [0.29, 0.717) is 12.5 Å². The van der Waals surface area contributed by atoms with Gasteiger partial charge < -0.3 is 15.1 Å². The quantitative estimate of drug-likeness (QED) is 0.857. The van der Waals surface area contributed by atoms with Crippen LogP contribution in [0, 0.1) is 16.7 Å². The third-order valence-corrected chi connectivity index (χ3v) is 6.60. The first-order valence-electron chi connectivity index (χ1n) is 9.57. The summed E-state index contributed by atoms with van der Waals surface area (Å²) >= 11 is 0. The van der Waals surface area contributed by atoms with Crippen LogP contribution < -0.4 is 10.2 Å². The Morgan fingerprint density at radius 3 is 2.42 bits per heavy atom. The fourth-order valence-electron chi connectivity index (χ4n) is 5.15. The standard InChI is InChI=1S/C19H27N5O2/c1-14(2)15(25)23-10-5-18(6-11-23)12-24(17-21-7-3-8-22-17)13-19(18)4-9-20-16(19)26/h3,7-8,14H,4-6,9-13H2,1-2H3,(H,20,26). The van der Waals surface area contributed by atoms with Gasteiger partial charge >= 0.3 is 0 Å². The smallest absolute Gasteiger partial charge is 0.228 e. The number of fused-ring (bicyclic) bond motifs is 1. The maximum absolute atomic E-state index is 12.9. The number of likely N-dealkylation sites (tertiary alicyclic amines) is 1.